The van der Waals surface area contributed by atoms with Crippen molar-refractivity contribution >= 4 is 22.3 Å². The van der Waals surface area contributed by atoms with E-state index in [0.717, 1.165) is 37.5 Å². The van der Waals surface area contributed by atoms with Crippen LogP contribution in [0, 0.1) is 5.82 Å². The van der Waals surface area contributed by atoms with Crippen molar-refractivity contribution in [1.29, 1.82) is 0 Å². The molecule has 146 valence electrons. The van der Waals surface area contributed by atoms with E-state index < -0.39 is 0 Å². The number of thiophene rings is 1. The first kappa shape index (κ1) is 19.7. The molecule has 1 aliphatic heterocycles. The number of nitrogens with zero attached hydrogens (tertiary/aromatic N) is 2. The summed E-state index contributed by atoms with van der Waals surface area (Å²) in [5, 5.41) is 10.4. The van der Waals surface area contributed by atoms with Crippen molar-refractivity contribution in [3.05, 3.63) is 53.2 Å². The van der Waals surface area contributed by atoms with Crippen molar-refractivity contribution in [2.24, 2.45) is 4.99 Å². The van der Waals surface area contributed by atoms with Gasteiger partial charge in [-0.15, -0.1) is 11.3 Å². The maximum atomic E-state index is 14.1. The lowest BCUT2D eigenvalue weighted by Gasteiger charge is -2.34. The standard InChI is InChI=1S/C21H29FN4S/c1-21(2,17-7-4-5-8-18(17)22)15-24-20(23-3)25-16-10-12-26(13-11-16)19-9-6-14-27-19/h4-9,14,16H,10-13,15H2,1-3H3,(H2,23,24,25). The summed E-state index contributed by atoms with van der Waals surface area (Å²) in [5.41, 5.74) is 0.392. The molecular formula is C21H29FN4S. The van der Waals surface area contributed by atoms with Gasteiger partial charge in [0.2, 0.25) is 0 Å². The number of hydrogen-bond donors (Lipinski definition) is 2. The monoisotopic (exact) mass is 388 g/mol. The molecular weight excluding hydrogens is 359 g/mol. The molecule has 2 aromatic rings. The van der Waals surface area contributed by atoms with E-state index in [0.29, 0.717) is 12.6 Å². The number of nitrogens with one attached hydrogen (secondary N) is 2. The fourth-order valence-electron chi connectivity index (χ4n) is 3.49. The minimum Gasteiger partial charge on any atom is -0.363 e. The second kappa shape index (κ2) is 8.74. The van der Waals surface area contributed by atoms with E-state index in [1.54, 1.807) is 24.5 Å². The summed E-state index contributed by atoms with van der Waals surface area (Å²) >= 11 is 1.80. The Bertz CT molecular complexity index is 749. The molecule has 1 aromatic carbocycles. The number of benzene rings is 1. The van der Waals surface area contributed by atoms with Crippen molar-refractivity contribution in [2.45, 2.75) is 38.1 Å². The molecule has 4 nitrogen and oxygen atoms in total. The van der Waals surface area contributed by atoms with Gasteiger partial charge in [0.15, 0.2) is 5.96 Å². The Balaban J connectivity index is 1.51. The van der Waals surface area contributed by atoms with Gasteiger partial charge in [-0.25, -0.2) is 4.39 Å². The largest absolute Gasteiger partial charge is 0.363 e. The van der Waals surface area contributed by atoms with E-state index in [1.807, 2.05) is 26.0 Å². The molecule has 27 heavy (non-hydrogen) atoms. The summed E-state index contributed by atoms with van der Waals surface area (Å²) in [6, 6.07) is 11.7. The third-order valence-electron chi connectivity index (χ3n) is 5.18. The highest BCUT2D eigenvalue weighted by atomic mass is 32.1. The van der Waals surface area contributed by atoms with Gasteiger partial charge in [0.25, 0.3) is 0 Å². The molecule has 2 N–H and O–H groups in total. The molecule has 1 saturated heterocycles. The summed E-state index contributed by atoms with van der Waals surface area (Å²) in [4.78, 5) is 6.80. The van der Waals surface area contributed by atoms with Crippen molar-refractivity contribution in [1.82, 2.24) is 10.6 Å². The summed E-state index contributed by atoms with van der Waals surface area (Å²) in [5.74, 6) is 0.627. The van der Waals surface area contributed by atoms with Crippen LogP contribution in [0.4, 0.5) is 9.39 Å². The van der Waals surface area contributed by atoms with Gasteiger partial charge < -0.3 is 15.5 Å². The topological polar surface area (TPSA) is 39.7 Å². The molecule has 1 fully saturated rings. The lowest BCUT2D eigenvalue weighted by molar-refractivity contribution is 0.448. The molecule has 0 amide bonds. The molecule has 0 atom stereocenters. The van der Waals surface area contributed by atoms with Gasteiger partial charge >= 0.3 is 0 Å². The molecule has 2 heterocycles. The molecule has 1 aliphatic rings. The van der Waals surface area contributed by atoms with Crippen LogP contribution in [-0.2, 0) is 5.41 Å². The van der Waals surface area contributed by atoms with Gasteiger partial charge in [-0.2, -0.15) is 0 Å². The Labute approximate surface area is 165 Å². The number of rotatable bonds is 5. The van der Waals surface area contributed by atoms with Gasteiger partial charge in [-0.1, -0.05) is 32.0 Å². The lowest BCUT2D eigenvalue weighted by Crippen LogP contribution is -2.50. The van der Waals surface area contributed by atoms with Gasteiger partial charge in [-0.3, -0.25) is 4.99 Å². The van der Waals surface area contributed by atoms with Crippen molar-refractivity contribution in [2.75, 3.05) is 31.6 Å². The van der Waals surface area contributed by atoms with Crippen molar-refractivity contribution in [3.63, 3.8) is 0 Å². The van der Waals surface area contributed by atoms with Gasteiger partial charge in [0.1, 0.15) is 5.82 Å². The van der Waals surface area contributed by atoms with Crippen LogP contribution in [0.15, 0.2) is 46.8 Å². The Hall–Kier alpha value is -2.08. The fraction of sp³-hybridized carbons (Fsp3) is 0.476. The number of hydrogen-bond acceptors (Lipinski definition) is 3. The Kier molecular flexibility index (Phi) is 6.37. The smallest absolute Gasteiger partial charge is 0.191 e. The molecule has 0 spiro atoms. The van der Waals surface area contributed by atoms with Crippen LogP contribution in [0.2, 0.25) is 0 Å². The summed E-state index contributed by atoms with van der Waals surface area (Å²) < 4.78 is 14.1. The number of anilines is 1. The number of aliphatic imine (C=N–C) groups is 1. The zero-order valence-corrected chi connectivity index (χ0v) is 17.2. The highest BCUT2D eigenvalue weighted by Crippen LogP contribution is 2.26. The normalized spacial score (nSPS) is 16.4. The first-order chi connectivity index (χ1) is 13.0. The van der Waals surface area contributed by atoms with E-state index >= 15 is 0 Å². The van der Waals surface area contributed by atoms with E-state index in [-0.39, 0.29) is 11.2 Å². The third-order valence-corrected chi connectivity index (χ3v) is 6.11. The van der Waals surface area contributed by atoms with Gasteiger partial charge in [-0.05, 0) is 42.0 Å². The SMILES string of the molecule is CN=C(NCC(C)(C)c1ccccc1F)NC1CCN(c2cccs2)CC1. The molecule has 3 rings (SSSR count). The summed E-state index contributed by atoms with van der Waals surface area (Å²) in [6.45, 7) is 6.81. The van der Waals surface area contributed by atoms with Gasteiger partial charge in [0, 0.05) is 38.1 Å². The van der Waals surface area contributed by atoms with Crippen LogP contribution in [0.1, 0.15) is 32.3 Å². The first-order valence-corrected chi connectivity index (χ1v) is 10.4. The molecule has 0 aliphatic carbocycles. The Morgan fingerprint density at radius 3 is 2.59 bits per heavy atom. The average molecular weight is 389 g/mol. The fourth-order valence-corrected chi connectivity index (χ4v) is 4.28. The highest BCUT2D eigenvalue weighted by Gasteiger charge is 2.25. The van der Waals surface area contributed by atoms with Crippen LogP contribution in [0.5, 0.6) is 0 Å². The zero-order chi connectivity index (χ0) is 19.3. The zero-order valence-electron chi connectivity index (χ0n) is 16.3. The van der Waals surface area contributed by atoms with Crippen LogP contribution in [-0.4, -0.2) is 38.7 Å². The van der Waals surface area contributed by atoms with E-state index in [1.165, 1.54) is 11.1 Å². The number of halogens is 1. The van der Waals surface area contributed by atoms with Crippen LogP contribution in [0.25, 0.3) is 0 Å². The van der Waals surface area contributed by atoms with E-state index in [9.17, 15) is 4.39 Å². The number of guanidine groups is 1. The molecule has 1 aromatic heterocycles. The van der Waals surface area contributed by atoms with Crippen molar-refractivity contribution < 1.29 is 4.39 Å². The quantitative estimate of drug-likeness (QED) is 0.601. The lowest BCUT2D eigenvalue weighted by atomic mass is 9.84. The number of piperidine rings is 1. The second-order valence-electron chi connectivity index (χ2n) is 7.65. The average Bonchev–Trinajstić information content (AvgIpc) is 3.20. The molecule has 0 bridgehead atoms. The Morgan fingerprint density at radius 2 is 1.96 bits per heavy atom. The van der Waals surface area contributed by atoms with Crippen LogP contribution in [0.3, 0.4) is 0 Å². The maximum absolute atomic E-state index is 14.1. The van der Waals surface area contributed by atoms with E-state index in [4.69, 9.17) is 0 Å². The molecule has 0 saturated carbocycles. The summed E-state index contributed by atoms with van der Waals surface area (Å²) in [6.07, 6.45) is 2.16. The maximum Gasteiger partial charge on any atom is 0.191 e. The second-order valence-corrected chi connectivity index (χ2v) is 8.57. The van der Waals surface area contributed by atoms with Gasteiger partial charge in [0.05, 0.1) is 5.00 Å². The minimum atomic E-state index is -0.328. The predicted octanol–water partition coefficient (Wildman–Crippen LogP) is 4.00. The van der Waals surface area contributed by atoms with Crippen molar-refractivity contribution in [3.8, 4) is 0 Å². The minimum absolute atomic E-state index is 0.159. The third kappa shape index (κ3) is 5.01. The molecule has 0 radical (unpaired) electrons. The molecule has 6 heteroatoms. The van der Waals surface area contributed by atoms with Crippen LogP contribution >= 0.6 is 11.3 Å². The summed E-state index contributed by atoms with van der Waals surface area (Å²) in [7, 11) is 1.78. The Morgan fingerprint density at radius 1 is 1.22 bits per heavy atom. The molecule has 0 unspecified atom stereocenters. The van der Waals surface area contributed by atoms with E-state index in [2.05, 4.69) is 38.0 Å². The predicted molar refractivity (Wildman–Crippen MR) is 113 cm³/mol. The van der Waals surface area contributed by atoms with Crippen LogP contribution < -0.4 is 15.5 Å². The highest BCUT2D eigenvalue weighted by molar-refractivity contribution is 7.14. The first-order valence-electron chi connectivity index (χ1n) is 9.50.